The van der Waals surface area contributed by atoms with Crippen molar-refractivity contribution in [2.24, 2.45) is 0 Å². The highest BCUT2D eigenvalue weighted by Crippen LogP contribution is 2.32. The molecule has 0 saturated heterocycles. The molecule has 6 nitrogen and oxygen atoms in total. The molecule has 0 spiro atoms. The van der Waals surface area contributed by atoms with Gasteiger partial charge in [0, 0.05) is 21.2 Å². The molecule has 1 N–H and O–H groups in total. The van der Waals surface area contributed by atoms with Gasteiger partial charge in [-0.15, -0.1) is 0 Å². The topological polar surface area (TPSA) is 73.9 Å². The van der Waals surface area contributed by atoms with Crippen LogP contribution in [0.1, 0.15) is 15.9 Å². The Morgan fingerprint density at radius 1 is 1.08 bits per heavy atom. The number of nitrogens with one attached hydrogen (secondary N) is 1. The Hall–Kier alpha value is -2.44. The molecule has 0 aliphatic carbocycles. The predicted octanol–water partition coefficient (Wildman–Crippen LogP) is 3.20. The number of rotatable bonds is 5. The van der Waals surface area contributed by atoms with E-state index >= 15 is 0 Å². The summed E-state index contributed by atoms with van der Waals surface area (Å²) in [5.74, 6) is 0.0345. The van der Waals surface area contributed by atoms with Gasteiger partial charge in [0.25, 0.3) is 5.91 Å². The summed E-state index contributed by atoms with van der Waals surface area (Å²) in [6.45, 7) is -0.232. The second-order valence-corrected chi connectivity index (χ2v) is 5.93. The number of fused-ring (bicyclic) bond motifs is 1. The maximum atomic E-state index is 12.1. The van der Waals surface area contributed by atoms with Crippen LogP contribution < -0.4 is 14.8 Å². The third kappa shape index (κ3) is 4.15. The largest absolute Gasteiger partial charge is 0.459 e. The van der Waals surface area contributed by atoms with Crippen molar-refractivity contribution < 1.29 is 23.8 Å². The van der Waals surface area contributed by atoms with Crippen LogP contribution in [-0.2, 0) is 16.1 Å². The van der Waals surface area contributed by atoms with E-state index in [1.54, 1.807) is 36.4 Å². The van der Waals surface area contributed by atoms with Gasteiger partial charge < -0.3 is 19.5 Å². The van der Waals surface area contributed by atoms with Crippen molar-refractivity contribution in [2.75, 3.05) is 13.3 Å². The van der Waals surface area contributed by atoms with Gasteiger partial charge in [0.15, 0.2) is 11.5 Å². The zero-order chi connectivity index (χ0) is 17.8. The zero-order valence-electron chi connectivity index (χ0n) is 12.9. The summed E-state index contributed by atoms with van der Waals surface area (Å²) in [6.07, 6.45) is 0. The van der Waals surface area contributed by atoms with Gasteiger partial charge in [-0.1, -0.05) is 29.3 Å². The summed E-state index contributed by atoms with van der Waals surface area (Å²) < 4.78 is 15.5. The van der Waals surface area contributed by atoms with Crippen LogP contribution in [0.4, 0.5) is 0 Å². The Morgan fingerprint density at radius 3 is 2.56 bits per heavy atom. The van der Waals surface area contributed by atoms with Crippen molar-refractivity contribution in [2.45, 2.75) is 6.61 Å². The lowest BCUT2D eigenvalue weighted by Crippen LogP contribution is -2.30. The molecule has 0 radical (unpaired) electrons. The Bertz CT molecular complexity index is 804. The van der Waals surface area contributed by atoms with Crippen molar-refractivity contribution >= 4 is 35.1 Å². The summed E-state index contributed by atoms with van der Waals surface area (Å²) >= 11 is 12.0. The van der Waals surface area contributed by atoms with Gasteiger partial charge in [-0.25, -0.2) is 0 Å². The summed E-state index contributed by atoms with van der Waals surface area (Å²) in [7, 11) is 0. The van der Waals surface area contributed by atoms with Gasteiger partial charge in [0.1, 0.15) is 13.2 Å². The van der Waals surface area contributed by atoms with Crippen LogP contribution in [0.5, 0.6) is 11.5 Å². The van der Waals surface area contributed by atoms with Crippen LogP contribution in [0.3, 0.4) is 0 Å². The molecular formula is C17H13Cl2NO5. The Morgan fingerprint density at radius 2 is 1.80 bits per heavy atom. The number of benzene rings is 2. The first kappa shape index (κ1) is 17.4. The third-order valence-electron chi connectivity index (χ3n) is 3.47. The van der Waals surface area contributed by atoms with Crippen LogP contribution in [0.15, 0.2) is 36.4 Å². The number of halogens is 2. The molecule has 2 aromatic carbocycles. The van der Waals surface area contributed by atoms with E-state index in [1.807, 2.05) is 0 Å². The monoisotopic (exact) mass is 381 g/mol. The maximum absolute atomic E-state index is 12.1. The fourth-order valence-electron chi connectivity index (χ4n) is 2.17. The summed E-state index contributed by atoms with van der Waals surface area (Å²) in [5, 5.41) is 3.29. The fourth-order valence-corrected chi connectivity index (χ4v) is 2.67. The first-order valence-corrected chi connectivity index (χ1v) is 8.06. The van der Waals surface area contributed by atoms with Crippen molar-refractivity contribution in [3.63, 3.8) is 0 Å². The maximum Gasteiger partial charge on any atom is 0.325 e. The van der Waals surface area contributed by atoms with Crippen LogP contribution in [0, 0.1) is 0 Å². The van der Waals surface area contributed by atoms with Gasteiger partial charge in [0.2, 0.25) is 6.79 Å². The van der Waals surface area contributed by atoms with Crippen LogP contribution in [-0.4, -0.2) is 25.2 Å². The minimum atomic E-state index is -0.606. The van der Waals surface area contributed by atoms with E-state index in [9.17, 15) is 9.59 Å². The second-order valence-electron chi connectivity index (χ2n) is 5.11. The minimum Gasteiger partial charge on any atom is -0.459 e. The number of ether oxygens (including phenoxy) is 3. The first-order valence-electron chi connectivity index (χ1n) is 7.31. The molecule has 0 aromatic heterocycles. The van der Waals surface area contributed by atoms with E-state index in [0.717, 1.165) is 0 Å². The molecule has 0 bridgehead atoms. The van der Waals surface area contributed by atoms with E-state index in [-0.39, 0.29) is 19.9 Å². The van der Waals surface area contributed by atoms with Gasteiger partial charge in [-0.05, 0) is 30.3 Å². The number of carbonyl (C=O) groups excluding carboxylic acids is 2. The average Bonchev–Trinajstić information content (AvgIpc) is 3.07. The standard InChI is InChI=1S/C17H13Cl2NO5/c18-12-2-1-3-13(19)11(12)8-23-16(21)7-20-17(22)10-4-5-14-15(6-10)25-9-24-14/h1-6H,7-9H2,(H,20,22). The Balaban J connectivity index is 1.51. The normalized spacial score (nSPS) is 11.9. The molecule has 1 aliphatic heterocycles. The summed E-state index contributed by atoms with van der Waals surface area (Å²) in [6, 6.07) is 9.76. The highest BCUT2D eigenvalue weighted by atomic mass is 35.5. The highest BCUT2D eigenvalue weighted by Gasteiger charge is 2.17. The van der Waals surface area contributed by atoms with E-state index in [4.69, 9.17) is 37.4 Å². The van der Waals surface area contributed by atoms with Crippen molar-refractivity contribution in [3.8, 4) is 11.5 Å². The molecule has 2 aromatic rings. The van der Waals surface area contributed by atoms with Crippen LogP contribution in [0.25, 0.3) is 0 Å². The Kier molecular flexibility index (Phi) is 5.31. The van der Waals surface area contributed by atoms with Crippen molar-refractivity contribution in [1.82, 2.24) is 5.32 Å². The molecule has 25 heavy (non-hydrogen) atoms. The molecule has 1 aliphatic rings. The molecule has 1 amide bonds. The molecule has 3 rings (SSSR count). The molecule has 0 unspecified atom stereocenters. The first-order chi connectivity index (χ1) is 12.0. The van der Waals surface area contributed by atoms with Gasteiger partial charge in [-0.2, -0.15) is 0 Å². The molecule has 130 valence electrons. The number of carbonyl (C=O) groups is 2. The van der Waals surface area contributed by atoms with Crippen LogP contribution in [0.2, 0.25) is 10.0 Å². The third-order valence-corrected chi connectivity index (χ3v) is 4.18. The lowest BCUT2D eigenvalue weighted by atomic mass is 10.2. The molecule has 0 fully saturated rings. The van der Waals surface area contributed by atoms with Crippen molar-refractivity contribution in [1.29, 1.82) is 0 Å². The number of hydrogen-bond donors (Lipinski definition) is 1. The predicted molar refractivity (Wildman–Crippen MR) is 91.2 cm³/mol. The number of amides is 1. The average molecular weight is 382 g/mol. The second kappa shape index (κ2) is 7.63. The molecule has 8 heteroatoms. The minimum absolute atomic E-state index is 0.0722. The van der Waals surface area contributed by atoms with E-state index in [1.165, 1.54) is 0 Å². The summed E-state index contributed by atoms with van der Waals surface area (Å²) in [4.78, 5) is 23.9. The van der Waals surface area contributed by atoms with Gasteiger partial charge in [-0.3, -0.25) is 9.59 Å². The van der Waals surface area contributed by atoms with E-state index in [2.05, 4.69) is 5.32 Å². The SMILES string of the molecule is O=C(CNC(=O)c1ccc2c(c1)OCO2)OCc1c(Cl)cccc1Cl. The zero-order valence-corrected chi connectivity index (χ0v) is 14.4. The van der Waals surface area contributed by atoms with Gasteiger partial charge in [0.05, 0.1) is 0 Å². The molecule has 0 atom stereocenters. The van der Waals surface area contributed by atoms with Gasteiger partial charge >= 0.3 is 5.97 Å². The fraction of sp³-hybridized carbons (Fsp3) is 0.176. The highest BCUT2D eigenvalue weighted by molar-refractivity contribution is 6.35. The lowest BCUT2D eigenvalue weighted by molar-refractivity contribution is -0.143. The van der Waals surface area contributed by atoms with Crippen LogP contribution >= 0.6 is 23.2 Å². The molecule has 0 saturated carbocycles. The smallest absolute Gasteiger partial charge is 0.325 e. The lowest BCUT2D eigenvalue weighted by Gasteiger charge is -2.09. The molecule has 1 heterocycles. The van der Waals surface area contributed by atoms with E-state index in [0.29, 0.717) is 32.7 Å². The Labute approximate surface area is 153 Å². The number of hydrogen-bond acceptors (Lipinski definition) is 5. The summed E-state index contributed by atoms with van der Waals surface area (Å²) in [5.41, 5.74) is 0.868. The quantitative estimate of drug-likeness (QED) is 0.804. The van der Waals surface area contributed by atoms with Crippen molar-refractivity contribution in [3.05, 3.63) is 57.6 Å². The number of esters is 1. The van der Waals surface area contributed by atoms with E-state index < -0.39 is 11.9 Å². The molecular weight excluding hydrogens is 369 g/mol.